The highest BCUT2D eigenvalue weighted by Gasteiger charge is 2.22. The topological polar surface area (TPSA) is 9.23 Å². The molecule has 0 saturated carbocycles. The Morgan fingerprint density at radius 1 is 1.29 bits per heavy atom. The summed E-state index contributed by atoms with van der Waals surface area (Å²) in [4.78, 5) is 0.266. The molecular weight excluding hydrogens is 367 g/mol. The Morgan fingerprint density at radius 3 is 2.35 bits per heavy atom. The summed E-state index contributed by atoms with van der Waals surface area (Å²) in [6.07, 6.45) is 2.25. The van der Waals surface area contributed by atoms with Gasteiger partial charge in [-0.25, -0.2) is 0 Å². The Hall–Kier alpha value is 0.270. The van der Waals surface area contributed by atoms with Gasteiger partial charge >= 0.3 is 0 Å². The van der Waals surface area contributed by atoms with Crippen LogP contribution in [0.2, 0.25) is 5.02 Å². The minimum Gasteiger partial charge on any atom is -0.495 e. The maximum Gasteiger partial charge on any atom is 0.137 e. The van der Waals surface area contributed by atoms with E-state index in [0.29, 0.717) is 5.92 Å². The first-order valence-electron chi connectivity index (χ1n) is 5.72. The lowest BCUT2D eigenvalue weighted by Gasteiger charge is -2.22. The van der Waals surface area contributed by atoms with Crippen LogP contribution in [-0.4, -0.2) is 7.11 Å². The summed E-state index contributed by atoms with van der Waals surface area (Å²) in [5, 5.41) is 0.725. The zero-order valence-electron chi connectivity index (χ0n) is 10.3. The second kappa shape index (κ2) is 7.01. The van der Waals surface area contributed by atoms with Crippen molar-refractivity contribution in [2.45, 2.75) is 31.5 Å². The zero-order chi connectivity index (χ0) is 13.0. The second-order valence-electron chi connectivity index (χ2n) is 3.99. The molecule has 0 aliphatic carbocycles. The SMILES string of the molecule is CCC(CC)C(Br)c1cc(Cl)cc(Br)c1OC. The summed E-state index contributed by atoms with van der Waals surface area (Å²) >= 11 is 13.4. The van der Waals surface area contributed by atoms with Crippen molar-refractivity contribution in [2.24, 2.45) is 5.92 Å². The Morgan fingerprint density at radius 2 is 1.88 bits per heavy atom. The lowest BCUT2D eigenvalue weighted by Crippen LogP contribution is -2.07. The van der Waals surface area contributed by atoms with Gasteiger partial charge in [-0.15, -0.1) is 0 Å². The molecule has 0 aliphatic heterocycles. The van der Waals surface area contributed by atoms with Crippen LogP contribution in [0, 0.1) is 5.92 Å². The molecule has 0 N–H and O–H groups in total. The van der Waals surface area contributed by atoms with E-state index in [2.05, 4.69) is 45.7 Å². The third-order valence-corrected chi connectivity index (χ3v) is 5.05. The van der Waals surface area contributed by atoms with Gasteiger partial charge in [0.05, 0.1) is 11.6 Å². The number of methoxy groups -OCH3 is 1. The van der Waals surface area contributed by atoms with E-state index in [1.54, 1.807) is 7.11 Å². The van der Waals surface area contributed by atoms with Crippen molar-refractivity contribution < 1.29 is 4.74 Å². The number of hydrogen-bond donors (Lipinski definition) is 0. The van der Waals surface area contributed by atoms with Gasteiger partial charge in [-0.2, -0.15) is 0 Å². The van der Waals surface area contributed by atoms with Gasteiger partial charge in [0, 0.05) is 15.4 Å². The maximum atomic E-state index is 6.11. The van der Waals surface area contributed by atoms with E-state index in [-0.39, 0.29) is 4.83 Å². The molecule has 0 radical (unpaired) electrons. The molecule has 1 aromatic rings. The molecule has 0 bridgehead atoms. The Balaban J connectivity index is 3.19. The molecule has 0 aromatic heterocycles. The number of alkyl halides is 1. The average Bonchev–Trinajstić information content (AvgIpc) is 2.29. The monoisotopic (exact) mass is 382 g/mol. The lowest BCUT2D eigenvalue weighted by atomic mass is 9.94. The van der Waals surface area contributed by atoms with E-state index in [9.17, 15) is 0 Å². The van der Waals surface area contributed by atoms with Crippen LogP contribution in [0.15, 0.2) is 16.6 Å². The van der Waals surface area contributed by atoms with Gasteiger partial charge in [0.2, 0.25) is 0 Å². The summed E-state index contributed by atoms with van der Waals surface area (Å²) in [5.74, 6) is 1.44. The fraction of sp³-hybridized carbons (Fsp3) is 0.538. The van der Waals surface area contributed by atoms with Gasteiger partial charge in [-0.05, 0) is 34.0 Å². The van der Waals surface area contributed by atoms with Crippen LogP contribution >= 0.6 is 43.5 Å². The van der Waals surface area contributed by atoms with Crippen molar-refractivity contribution in [1.29, 1.82) is 0 Å². The largest absolute Gasteiger partial charge is 0.495 e. The standard InChI is InChI=1S/C13H17Br2ClO/c1-4-8(5-2)12(15)10-6-9(16)7-11(14)13(10)17-3/h6-8,12H,4-5H2,1-3H3. The smallest absolute Gasteiger partial charge is 0.137 e. The summed E-state index contributed by atoms with van der Waals surface area (Å²) in [6.45, 7) is 4.41. The van der Waals surface area contributed by atoms with Gasteiger partial charge in [0.25, 0.3) is 0 Å². The normalized spacial score (nSPS) is 12.9. The van der Waals surface area contributed by atoms with Crippen molar-refractivity contribution >= 4 is 43.5 Å². The molecule has 0 spiro atoms. The molecule has 0 fully saturated rings. The number of benzene rings is 1. The highest BCUT2D eigenvalue weighted by atomic mass is 79.9. The highest BCUT2D eigenvalue weighted by molar-refractivity contribution is 9.10. The molecular formula is C13H17Br2ClO. The van der Waals surface area contributed by atoms with Crippen LogP contribution < -0.4 is 4.74 Å². The van der Waals surface area contributed by atoms with Gasteiger partial charge in [-0.1, -0.05) is 54.2 Å². The first-order valence-corrected chi connectivity index (χ1v) is 7.80. The summed E-state index contributed by atoms with van der Waals surface area (Å²) in [5.41, 5.74) is 1.11. The predicted octanol–water partition coefficient (Wildman–Crippen LogP) is 5.98. The fourth-order valence-electron chi connectivity index (χ4n) is 1.96. The van der Waals surface area contributed by atoms with Crippen LogP contribution in [0.25, 0.3) is 0 Å². The molecule has 1 aromatic carbocycles. The van der Waals surface area contributed by atoms with E-state index >= 15 is 0 Å². The van der Waals surface area contributed by atoms with E-state index in [1.165, 1.54) is 0 Å². The van der Waals surface area contributed by atoms with Crippen molar-refractivity contribution in [2.75, 3.05) is 7.11 Å². The van der Waals surface area contributed by atoms with Crippen LogP contribution in [0.4, 0.5) is 0 Å². The molecule has 0 heterocycles. The second-order valence-corrected chi connectivity index (χ2v) is 6.27. The number of hydrogen-bond acceptors (Lipinski definition) is 1. The van der Waals surface area contributed by atoms with Crippen molar-refractivity contribution in [3.63, 3.8) is 0 Å². The van der Waals surface area contributed by atoms with Crippen LogP contribution in [0.5, 0.6) is 5.75 Å². The number of halogens is 3. The Labute approximate surface area is 125 Å². The van der Waals surface area contributed by atoms with Crippen molar-refractivity contribution in [3.8, 4) is 5.75 Å². The third kappa shape index (κ3) is 3.62. The number of ether oxygens (including phenoxy) is 1. The van der Waals surface area contributed by atoms with Crippen molar-refractivity contribution in [3.05, 3.63) is 27.2 Å². The molecule has 0 aliphatic rings. The minimum absolute atomic E-state index is 0.266. The summed E-state index contributed by atoms with van der Waals surface area (Å²) in [7, 11) is 1.68. The molecule has 1 nitrogen and oxygen atoms in total. The highest BCUT2D eigenvalue weighted by Crippen LogP contribution is 2.44. The summed E-state index contributed by atoms with van der Waals surface area (Å²) in [6, 6.07) is 3.83. The predicted molar refractivity (Wildman–Crippen MR) is 81.4 cm³/mol. The van der Waals surface area contributed by atoms with E-state index in [4.69, 9.17) is 16.3 Å². The third-order valence-electron chi connectivity index (χ3n) is 3.00. The van der Waals surface area contributed by atoms with Crippen LogP contribution in [0.3, 0.4) is 0 Å². The molecule has 1 rings (SSSR count). The first kappa shape index (κ1) is 15.3. The molecule has 0 amide bonds. The van der Waals surface area contributed by atoms with Gasteiger partial charge in [0.15, 0.2) is 0 Å². The fourth-order valence-corrected chi connectivity index (χ4v) is 4.04. The molecule has 4 heteroatoms. The van der Waals surface area contributed by atoms with Gasteiger partial charge in [0.1, 0.15) is 5.75 Å². The molecule has 1 unspecified atom stereocenters. The van der Waals surface area contributed by atoms with Crippen LogP contribution in [-0.2, 0) is 0 Å². The quantitative estimate of drug-likeness (QED) is 0.567. The Kier molecular flexibility index (Phi) is 6.32. The van der Waals surface area contributed by atoms with Crippen molar-refractivity contribution in [1.82, 2.24) is 0 Å². The zero-order valence-corrected chi connectivity index (χ0v) is 14.2. The first-order chi connectivity index (χ1) is 8.04. The van der Waals surface area contributed by atoms with E-state index in [1.807, 2.05) is 12.1 Å². The Bertz CT molecular complexity index is 378. The van der Waals surface area contributed by atoms with Crippen LogP contribution in [0.1, 0.15) is 37.1 Å². The summed E-state index contributed by atoms with van der Waals surface area (Å²) < 4.78 is 6.36. The molecule has 17 heavy (non-hydrogen) atoms. The molecule has 0 saturated heterocycles. The van der Waals surface area contributed by atoms with E-state index < -0.39 is 0 Å². The molecule has 96 valence electrons. The molecule has 1 atom stereocenters. The number of rotatable bonds is 5. The van der Waals surface area contributed by atoms with Gasteiger partial charge in [-0.3, -0.25) is 0 Å². The minimum atomic E-state index is 0.266. The lowest BCUT2D eigenvalue weighted by molar-refractivity contribution is 0.398. The van der Waals surface area contributed by atoms with Gasteiger partial charge < -0.3 is 4.74 Å². The maximum absolute atomic E-state index is 6.11. The van der Waals surface area contributed by atoms with E-state index in [0.717, 1.165) is 33.6 Å². The average molecular weight is 385 g/mol.